The third kappa shape index (κ3) is 2.86. The normalized spacial score (nSPS) is 18.2. The summed E-state index contributed by atoms with van der Waals surface area (Å²) >= 11 is 6.23. The maximum absolute atomic E-state index is 13.5. The van der Waals surface area contributed by atoms with E-state index in [1.165, 1.54) is 31.7 Å². The highest BCUT2D eigenvalue weighted by atomic mass is 35.5. The summed E-state index contributed by atoms with van der Waals surface area (Å²) in [5, 5.41) is 4.07. The van der Waals surface area contributed by atoms with Gasteiger partial charge in [0.2, 0.25) is 0 Å². The summed E-state index contributed by atoms with van der Waals surface area (Å²) in [5.74, 6) is 0.415. The standard InChI is InChI=1S/C15H21ClFN/c1-3-18-15(11-6-4-5-7-11)12-8-10(2)14(17)9-13(12)16/h8-9,11,15,18H,3-7H2,1-2H3. The third-order valence-corrected chi connectivity index (χ3v) is 4.24. The first-order valence-electron chi connectivity index (χ1n) is 6.82. The van der Waals surface area contributed by atoms with Crippen LogP contribution in [0.5, 0.6) is 0 Å². The Kier molecular flexibility index (Phi) is 4.63. The lowest BCUT2D eigenvalue weighted by atomic mass is 9.90. The third-order valence-electron chi connectivity index (χ3n) is 3.91. The zero-order valence-electron chi connectivity index (χ0n) is 11.1. The van der Waals surface area contributed by atoms with Gasteiger partial charge in [0.05, 0.1) is 0 Å². The van der Waals surface area contributed by atoms with E-state index in [9.17, 15) is 4.39 Å². The van der Waals surface area contributed by atoms with Crippen LogP contribution in [0.15, 0.2) is 12.1 Å². The molecule has 1 unspecified atom stereocenters. The molecule has 0 amide bonds. The number of hydrogen-bond donors (Lipinski definition) is 1. The van der Waals surface area contributed by atoms with Gasteiger partial charge < -0.3 is 5.32 Å². The minimum atomic E-state index is -0.217. The average Bonchev–Trinajstić information content (AvgIpc) is 2.85. The Morgan fingerprint density at radius 3 is 2.67 bits per heavy atom. The molecule has 0 aromatic heterocycles. The van der Waals surface area contributed by atoms with Gasteiger partial charge in [-0.15, -0.1) is 0 Å². The van der Waals surface area contributed by atoms with E-state index in [4.69, 9.17) is 11.6 Å². The molecule has 1 aliphatic carbocycles. The molecule has 1 N–H and O–H groups in total. The van der Waals surface area contributed by atoms with Crippen LogP contribution in [0.1, 0.15) is 49.8 Å². The van der Waals surface area contributed by atoms with Crippen molar-refractivity contribution in [2.75, 3.05) is 6.54 Å². The average molecular weight is 270 g/mol. The quantitative estimate of drug-likeness (QED) is 0.840. The van der Waals surface area contributed by atoms with Crippen molar-refractivity contribution in [1.29, 1.82) is 0 Å². The number of aryl methyl sites for hydroxylation is 1. The molecule has 1 atom stereocenters. The minimum Gasteiger partial charge on any atom is -0.310 e. The molecule has 0 bridgehead atoms. The van der Waals surface area contributed by atoms with Crippen molar-refractivity contribution in [2.45, 2.75) is 45.6 Å². The van der Waals surface area contributed by atoms with Crippen molar-refractivity contribution in [3.8, 4) is 0 Å². The largest absolute Gasteiger partial charge is 0.310 e. The fourth-order valence-electron chi connectivity index (χ4n) is 2.96. The Hall–Kier alpha value is -0.600. The highest BCUT2D eigenvalue weighted by Crippen LogP contribution is 2.38. The van der Waals surface area contributed by atoms with E-state index >= 15 is 0 Å². The van der Waals surface area contributed by atoms with Gasteiger partial charge >= 0.3 is 0 Å². The van der Waals surface area contributed by atoms with Crippen LogP contribution in [0.2, 0.25) is 5.02 Å². The van der Waals surface area contributed by atoms with Crippen molar-refractivity contribution in [2.24, 2.45) is 5.92 Å². The number of halogens is 2. The fraction of sp³-hybridized carbons (Fsp3) is 0.600. The molecule has 0 heterocycles. The summed E-state index contributed by atoms with van der Waals surface area (Å²) in [6, 6.07) is 3.62. The number of hydrogen-bond acceptors (Lipinski definition) is 1. The highest BCUT2D eigenvalue weighted by molar-refractivity contribution is 6.31. The molecule has 0 spiro atoms. The SMILES string of the molecule is CCNC(c1cc(C)c(F)cc1Cl)C1CCCC1. The van der Waals surface area contributed by atoms with Gasteiger partial charge in [-0.05, 0) is 49.4 Å². The fourth-order valence-corrected chi connectivity index (χ4v) is 3.23. The van der Waals surface area contributed by atoms with Crippen LogP contribution in [0.4, 0.5) is 4.39 Å². The van der Waals surface area contributed by atoms with Gasteiger partial charge in [-0.3, -0.25) is 0 Å². The summed E-state index contributed by atoms with van der Waals surface area (Å²) < 4.78 is 13.5. The first-order chi connectivity index (χ1) is 8.63. The molecule has 1 saturated carbocycles. The lowest BCUT2D eigenvalue weighted by Gasteiger charge is -2.26. The predicted octanol–water partition coefficient (Wildman–Crippen LogP) is 4.63. The minimum absolute atomic E-state index is 0.217. The molecular formula is C15H21ClFN. The second-order valence-corrected chi connectivity index (χ2v) is 5.61. The molecule has 18 heavy (non-hydrogen) atoms. The molecule has 0 radical (unpaired) electrons. The summed E-state index contributed by atoms with van der Waals surface area (Å²) in [6.07, 6.45) is 5.07. The topological polar surface area (TPSA) is 12.0 Å². The van der Waals surface area contributed by atoms with Crippen molar-refractivity contribution >= 4 is 11.6 Å². The Morgan fingerprint density at radius 1 is 1.39 bits per heavy atom. The Morgan fingerprint density at radius 2 is 2.06 bits per heavy atom. The summed E-state index contributed by atoms with van der Waals surface area (Å²) in [5.41, 5.74) is 1.74. The van der Waals surface area contributed by atoms with Crippen LogP contribution in [0.25, 0.3) is 0 Å². The molecule has 0 aliphatic heterocycles. The van der Waals surface area contributed by atoms with Gasteiger partial charge in [0, 0.05) is 11.1 Å². The van der Waals surface area contributed by atoms with Crippen molar-refractivity contribution < 1.29 is 4.39 Å². The molecule has 1 aromatic carbocycles. The van der Waals surface area contributed by atoms with Crippen LogP contribution in [-0.4, -0.2) is 6.54 Å². The zero-order chi connectivity index (χ0) is 13.1. The monoisotopic (exact) mass is 269 g/mol. The van der Waals surface area contributed by atoms with Gasteiger partial charge in [-0.2, -0.15) is 0 Å². The molecule has 1 aromatic rings. The molecule has 1 nitrogen and oxygen atoms in total. The molecule has 100 valence electrons. The van der Waals surface area contributed by atoms with E-state index in [0.717, 1.165) is 12.1 Å². The lowest BCUT2D eigenvalue weighted by molar-refractivity contribution is 0.374. The number of nitrogens with one attached hydrogen (secondary N) is 1. The maximum Gasteiger partial charge on any atom is 0.127 e. The van der Waals surface area contributed by atoms with Gasteiger partial charge in [0.25, 0.3) is 0 Å². The maximum atomic E-state index is 13.5. The van der Waals surface area contributed by atoms with E-state index in [1.807, 2.05) is 6.07 Å². The van der Waals surface area contributed by atoms with Crippen LogP contribution in [-0.2, 0) is 0 Å². The molecule has 3 heteroatoms. The van der Waals surface area contributed by atoms with Crippen LogP contribution in [0, 0.1) is 18.7 Å². The van der Waals surface area contributed by atoms with Crippen LogP contribution >= 0.6 is 11.6 Å². The van der Waals surface area contributed by atoms with Gasteiger partial charge in [-0.1, -0.05) is 37.4 Å². The van der Waals surface area contributed by atoms with Crippen LogP contribution < -0.4 is 5.32 Å². The van der Waals surface area contributed by atoms with Gasteiger partial charge in [-0.25, -0.2) is 4.39 Å². The predicted molar refractivity (Wildman–Crippen MR) is 74.5 cm³/mol. The van der Waals surface area contributed by atoms with Crippen molar-refractivity contribution in [1.82, 2.24) is 5.32 Å². The highest BCUT2D eigenvalue weighted by Gasteiger charge is 2.27. The van der Waals surface area contributed by atoms with E-state index in [0.29, 0.717) is 16.5 Å². The van der Waals surface area contributed by atoms with Crippen molar-refractivity contribution in [3.05, 3.63) is 34.1 Å². The van der Waals surface area contributed by atoms with E-state index in [1.54, 1.807) is 6.92 Å². The van der Waals surface area contributed by atoms with E-state index in [2.05, 4.69) is 12.2 Å². The summed E-state index contributed by atoms with van der Waals surface area (Å²) in [4.78, 5) is 0. The van der Waals surface area contributed by atoms with Crippen LogP contribution in [0.3, 0.4) is 0 Å². The molecule has 1 fully saturated rings. The Bertz CT molecular complexity index is 413. The lowest BCUT2D eigenvalue weighted by Crippen LogP contribution is -2.27. The molecule has 2 rings (SSSR count). The second-order valence-electron chi connectivity index (χ2n) is 5.20. The van der Waals surface area contributed by atoms with Crippen molar-refractivity contribution in [3.63, 3.8) is 0 Å². The van der Waals surface area contributed by atoms with E-state index in [-0.39, 0.29) is 11.9 Å². The first-order valence-corrected chi connectivity index (χ1v) is 7.20. The summed E-state index contributed by atoms with van der Waals surface area (Å²) in [6.45, 7) is 4.81. The molecule has 1 aliphatic rings. The Balaban J connectivity index is 2.32. The molecular weight excluding hydrogens is 249 g/mol. The smallest absolute Gasteiger partial charge is 0.127 e. The number of rotatable bonds is 4. The molecule has 0 saturated heterocycles. The Labute approximate surface area is 114 Å². The van der Waals surface area contributed by atoms with Gasteiger partial charge in [0.1, 0.15) is 5.82 Å². The second kappa shape index (κ2) is 6.03. The van der Waals surface area contributed by atoms with E-state index < -0.39 is 0 Å². The summed E-state index contributed by atoms with van der Waals surface area (Å²) in [7, 11) is 0. The van der Waals surface area contributed by atoms with Gasteiger partial charge in [0.15, 0.2) is 0 Å². The first kappa shape index (κ1) is 13.8. The number of benzene rings is 1. The zero-order valence-corrected chi connectivity index (χ0v) is 11.9.